The summed E-state index contributed by atoms with van der Waals surface area (Å²) in [6.07, 6.45) is 3.87. The maximum atomic E-state index is 11.7. The van der Waals surface area contributed by atoms with E-state index in [4.69, 9.17) is 10.5 Å². The van der Waals surface area contributed by atoms with Crippen molar-refractivity contribution in [2.45, 2.75) is 26.2 Å². The maximum absolute atomic E-state index is 11.7. The number of nitrogen functional groups attached to an aromatic ring is 1. The highest BCUT2D eigenvalue weighted by atomic mass is 16.5. The predicted octanol–water partition coefficient (Wildman–Crippen LogP) is 2.90. The van der Waals surface area contributed by atoms with Crippen LogP contribution in [0.5, 0.6) is 0 Å². The van der Waals surface area contributed by atoms with Crippen LogP contribution in [-0.4, -0.2) is 19.6 Å². The average molecular weight is 262 g/mol. The molecule has 4 nitrogen and oxygen atoms in total. The van der Waals surface area contributed by atoms with Gasteiger partial charge in [-0.1, -0.05) is 19.8 Å². The first-order chi connectivity index (χ1) is 9.11. The Labute approximate surface area is 114 Å². The normalized spacial score (nSPS) is 22.2. The van der Waals surface area contributed by atoms with Crippen molar-refractivity contribution in [1.82, 2.24) is 0 Å². The van der Waals surface area contributed by atoms with Gasteiger partial charge in [0.1, 0.15) is 0 Å². The van der Waals surface area contributed by atoms with Gasteiger partial charge in [-0.15, -0.1) is 0 Å². The second-order valence-electron chi connectivity index (χ2n) is 5.35. The molecule has 0 bridgehead atoms. The molecule has 0 saturated heterocycles. The molecule has 1 saturated carbocycles. The Morgan fingerprint density at radius 1 is 1.47 bits per heavy atom. The van der Waals surface area contributed by atoms with Gasteiger partial charge in [0.15, 0.2) is 0 Å². The molecule has 4 heteroatoms. The summed E-state index contributed by atoms with van der Waals surface area (Å²) in [6, 6.07) is 5.31. The molecular weight excluding hydrogens is 240 g/mol. The lowest BCUT2D eigenvalue weighted by molar-refractivity contribution is 0.0602. The van der Waals surface area contributed by atoms with Gasteiger partial charge in [-0.3, -0.25) is 0 Å². The highest BCUT2D eigenvalue weighted by Crippen LogP contribution is 2.31. The monoisotopic (exact) mass is 262 g/mol. The minimum absolute atomic E-state index is 0.353. The highest BCUT2D eigenvalue weighted by molar-refractivity contribution is 5.96. The van der Waals surface area contributed by atoms with Crippen LogP contribution in [0, 0.1) is 11.8 Å². The third kappa shape index (κ3) is 3.19. The van der Waals surface area contributed by atoms with Crippen LogP contribution >= 0.6 is 0 Å². The van der Waals surface area contributed by atoms with Gasteiger partial charge in [-0.25, -0.2) is 4.79 Å². The topological polar surface area (TPSA) is 64.3 Å². The lowest BCUT2D eigenvalue weighted by Crippen LogP contribution is -2.18. The number of nitrogens with one attached hydrogen (secondary N) is 1. The Morgan fingerprint density at radius 3 is 2.89 bits per heavy atom. The van der Waals surface area contributed by atoms with Gasteiger partial charge in [0.05, 0.1) is 12.7 Å². The minimum Gasteiger partial charge on any atom is -0.465 e. The van der Waals surface area contributed by atoms with Crippen molar-refractivity contribution in [2.24, 2.45) is 11.8 Å². The molecule has 1 aliphatic rings. The summed E-state index contributed by atoms with van der Waals surface area (Å²) >= 11 is 0. The first-order valence-corrected chi connectivity index (χ1v) is 6.83. The maximum Gasteiger partial charge on any atom is 0.340 e. The third-order valence-electron chi connectivity index (χ3n) is 4.04. The number of carbonyl (C=O) groups is 1. The fourth-order valence-corrected chi connectivity index (χ4v) is 2.76. The number of nitrogens with two attached hydrogens (primary N) is 1. The zero-order chi connectivity index (χ0) is 13.8. The Morgan fingerprint density at radius 2 is 2.26 bits per heavy atom. The Hall–Kier alpha value is -1.71. The van der Waals surface area contributed by atoms with Crippen LogP contribution in [0.3, 0.4) is 0 Å². The van der Waals surface area contributed by atoms with E-state index >= 15 is 0 Å². The average Bonchev–Trinajstić information content (AvgIpc) is 2.82. The predicted molar refractivity (Wildman–Crippen MR) is 77.2 cm³/mol. The molecule has 0 aromatic heterocycles. The zero-order valence-electron chi connectivity index (χ0n) is 11.6. The van der Waals surface area contributed by atoms with E-state index in [1.54, 1.807) is 12.1 Å². The van der Waals surface area contributed by atoms with Crippen LogP contribution in [0.15, 0.2) is 18.2 Å². The van der Waals surface area contributed by atoms with Crippen LogP contribution in [0.4, 0.5) is 11.4 Å². The lowest BCUT2D eigenvalue weighted by atomic mass is 9.98. The van der Waals surface area contributed by atoms with Gasteiger partial charge in [0, 0.05) is 17.9 Å². The number of hydrogen-bond donors (Lipinski definition) is 2. The van der Waals surface area contributed by atoms with Crippen molar-refractivity contribution in [3.05, 3.63) is 23.8 Å². The number of rotatable bonds is 4. The first-order valence-electron chi connectivity index (χ1n) is 6.83. The summed E-state index contributed by atoms with van der Waals surface area (Å²) in [5.41, 5.74) is 7.61. The van der Waals surface area contributed by atoms with E-state index in [1.807, 2.05) is 6.07 Å². The van der Waals surface area contributed by atoms with E-state index in [9.17, 15) is 4.79 Å². The zero-order valence-corrected chi connectivity index (χ0v) is 11.6. The summed E-state index contributed by atoms with van der Waals surface area (Å²) in [7, 11) is 1.38. The van der Waals surface area contributed by atoms with Crippen molar-refractivity contribution in [3.8, 4) is 0 Å². The molecule has 19 heavy (non-hydrogen) atoms. The Kier molecular flexibility index (Phi) is 4.30. The molecule has 2 unspecified atom stereocenters. The van der Waals surface area contributed by atoms with Crippen molar-refractivity contribution in [1.29, 1.82) is 0 Å². The molecule has 0 radical (unpaired) electrons. The van der Waals surface area contributed by atoms with Gasteiger partial charge in [0.2, 0.25) is 0 Å². The standard InChI is InChI=1S/C15H22N2O2/c1-10-4-3-5-11(10)9-17-14-7-6-12(16)8-13(14)15(18)19-2/h6-8,10-11,17H,3-5,9,16H2,1-2H3. The van der Waals surface area contributed by atoms with Crippen molar-refractivity contribution < 1.29 is 9.53 Å². The Bertz CT molecular complexity index is 459. The molecule has 0 aliphatic heterocycles. The molecule has 0 amide bonds. The fraction of sp³-hybridized carbons (Fsp3) is 0.533. The molecule has 0 spiro atoms. The van der Waals surface area contributed by atoms with E-state index in [0.717, 1.165) is 18.2 Å². The van der Waals surface area contributed by atoms with Crippen LogP contribution in [-0.2, 0) is 4.74 Å². The number of hydrogen-bond acceptors (Lipinski definition) is 4. The molecular formula is C15H22N2O2. The number of ether oxygens (including phenoxy) is 1. The fourth-order valence-electron chi connectivity index (χ4n) is 2.76. The van der Waals surface area contributed by atoms with Crippen LogP contribution in [0.25, 0.3) is 0 Å². The van der Waals surface area contributed by atoms with E-state index in [0.29, 0.717) is 17.2 Å². The largest absolute Gasteiger partial charge is 0.465 e. The van der Waals surface area contributed by atoms with Crippen LogP contribution < -0.4 is 11.1 Å². The highest BCUT2D eigenvalue weighted by Gasteiger charge is 2.23. The van der Waals surface area contributed by atoms with E-state index in [1.165, 1.54) is 26.4 Å². The summed E-state index contributed by atoms with van der Waals surface area (Å²) in [4.78, 5) is 11.7. The van der Waals surface area contributed by atoms with Gasteiger partial charge in [0.25, 0.3) is 0 Å². The molecule has 0 heterocycles. The van der Waals surface area contributed by atoms with Crippen LogP contribution in [0.2, 0.25) is 0 Å². The summed E-state index contributed by atoms with van der Waals surface area (Å²) < 4.78 is 4.79. The summed E-state index contributed by atoms with van der Waals surface area (Å²) in [5.74, 6) is 1.08. The second kappa shape index (κ2) is 5.95. The quantitative estimate of drug-likeness (QED) is 0.647. The van der Waals surface area contributed by atoms with E-state index in [2.05, 4.69) is 12.2 Å². The van der Waals surface area contributed by atoms with Crippen LogP contribution in [0.1, 0.15) is 36.5 Å². The first kappa shape index (κ1) is 13.7. The summed E-state index contributed by atoms with van der Waals surface area (Å²) in [5, 5.41) is 3.37. The molecule has 1 aromatic rings. The molecule has 1 aliphatic carbocycles. The Balaban J connectivity index is 2.08. The molecule has 1 aromatic carbocycles. The smallest absolute Gasteiger partial charge is 0.340 e. The molecule has 3 N–H and O–H groups in total. The number of esters is 1. The van der Waals surface area contributed by atoms with Crippen molar-refractivity contribution in [3.63, 3.8) is 0 Å². The van der Waals surface area contributed by atoms with E-state index in [-0.39, 0.29) is 5.97 Å². The lowest BCUT2D eigenvalue weighted by Gasteiger charge is -2.18. The van der Waals surface area contributed by atoms with Gasteiger partial charge in [-0.05, 0) is 36.5 Å². The minimum atomic E-state index is -0.353. The molecule has 1 fully saturated rings. The van der Waals surface area contributed by atoms with E-state index < -0.39 is 0 Å². The van der Waals surface area contributed by atoms with Crippen molar-refractivity contribution >= 4 is 17.3 Å². The van der Waals surface area contributed by atoms with Gasteiger partial charge < -0.3 is 15.8 Å². The molecule has 104 valence electrons. The third-order valence-corrected chi connectivity index (χ3v) is 4.04. The SMILES string of the molecule is COC(=O)c1cc(N)ccc1NCC1CCCC1C. The van der Waals surface area contributed by atoms with Crippen molar-refractivity contribution in [2.75, 3.05) is 24.7 Å². The van der Waals surface area contributed by atoms with Gasteiger partial charge >= 0.3 is 5.97 Å². The second-order valence-corrected chi connectivity index (χ2v) is 5.35. The number of benzene rings is 1. The molecule has 2 atom stereocenters. The molecule has 2 rings (SSSR count). The summed E-state index contributed by atoms with van der Waals surface area (Å²) in [6.45, 7) is 3.19. The van der Waals surface area contributed by atoms with Gasteiger partial charge in [-0.2, -0.15) is 0 Å². The number of anilines is 2. The number of methoxy groups -OCH3 is 1. The number of carbonyl (C=O) groups excluding carboxylic acids is 1.